The minimum Gasteiger partial charge on any atom is -0.497 e. The van der Waals surface area contributed by atoms with Gasteiger partial charge in [0, 0.05) is 42.5 Å². The zero-order chi connectivity index (χ0) is 18.9. The van der Waals surface area contributed by atoms with Crippen molar-refractivity contribution in [3.63, 3.8) is 0 Å². The van der Waals surface area contributed by atoms with E-state index in [1.165, 1.54) is 11.3 Å². The molecule has 0 bridgehead atoms. The van der Waals surface area contributed by atoms with Gasteiger partial charge in [-0.3, -0.25) is 0 Å². The number of rotatable bonds is 5. The first kappa shape index (κ1) is 18.2. The quantitative estimate of drug-likeness (QED) is 0.706. The number of benzene rings is 1. The molecule has 6 nitrogen and oxygen atoms in total. The van der Waals surface area contributed by atoms with E-state index < -0.39 is 9.84 Å². The average Bonchev–Trinajstić information content (AvgIpc) is 3.14. The van der Waals surface area contributed by atoms with Crippen LogP contribution in [0.15, 0.2) is 46.8 Å². The van der Waals surface area contributed by atoms with E-state index in [2.05, 4.69) is 15.2 Å². The maximum Gasteiger partial charge on any atom is 0.191 e. The van der Waals surface area contributed by atoms with E-state index in [-0.39, 0.29) is 5.75 Å². The van der Waals surface area contributed by atoms with Gasteiger partial charge in [-0.25, -0.2) is 13.4 Å². The Morgan fingerprint density at radius 3 is 2.81 bits per heavy atom. The average molecular weight is 404 g/mol. The van der Waals surface area contributed by atoms with E-state index in [0.717, 1.165) is 42.1 Å². The molecule has 1 saturated heterocycles. The second kappa shape index (κ2) is 7.46. The maximum atomic E-state index is 13.0. The van der Waals surface area contributed by atoms with Crippen LogP contribution in [0.1, 0.15) is 5.56 Å². The van der Waals surface area contributed by atoms with Crippen molar-refractivity contribution in [2.75, 3.05) is 38.2 Å². The fraction of sp³-hybridized carbons (Fsp3) is 0.316. The van der Waals surface area contributed by atoms with Crippen LogP contribution in [0.5, 0.6) is 5.75 Å². The molecule has 3 heterocycles. The lowest BCUT2D eigenvalue weighted by Crippen LogP contribution is -2.43. The summed E-state index contributed by atoms with van der Waals surface area (Å²) in [7, 11) is -1.87. The smallest absolute Gasteiger partial charge is 0.191 e. The van der Waals surface area contributed by atoms with Gasteiger partial charge in [0.2, 0.25) is 0 Å². The molecule has 1 aromatic carbocycles. The van der Waals surface area contributed by atoms with E-state index in [1.807, 2.05) is 6.07 Å². The van der Waals surface area contributed by atoms with Crippen molar-refractivity contribution in [1.82, 2.24) is 10.3 Å². The van der Waals surface area contributed by atoms with E-state index in [0.29, 0.717) is 15.5 Å². The zero-order valence-electron chi connectivity index (χ0n) is 15.0. The van der Waals surface area contributed by atoms with Gasteiger partial charge in [0.25, 0.3) is 0 Å². The first-order valence-corrected chi connectivity index (χ1v) is 11.2. The fourth-order valence-electron chi connectivity index (χ4n) is 3.26. The largest absolute Gasteiger partial charge is 0.497 e. The van der Waals surface area contributed by atoms with Crippen molar-refractivity contribution in [2.24, 2.45) is 0 Å². The molecule has 27 heavy (non-hydrogen) atoms. The van der Waals surface area contributed by atoms with Crippen LogP contribution < -0.4 is 15.0 Å². The molecule has 0 saturated carbocycles. The molecule has 0 aliphatic carbocycles. The third-order valence-corrected chi connectivity index (χ3v) is 7.97. The van der Waals surface area contributed by atoms with E-state index in [4.69, 9.17) is 4.74 Å². The van der Waals surface area contributed by atoms with Gasteiger partial charge < -0.3 is 15.0 Å². The summed E-state index contributed by atoms with van der Waals surface area (Å²) in [4.78, 5) is 6.74. The lowest BCUT2D eigenvalue weighted by Gasteiger charge is -2.28. The van der Waals surface area contributed by atoms with Gasteiger partial charge in [-0.05, 0) is 29.8 Å². The molecule has 0 spiro atoms. The summed E-state index contributed by atoms with van der Waals surface area (Å²) in [5, 5.41) is 4.24. The maximum absolute atomic E-state index is 13.0. The van der Waals surface area contributed by atoms with E-state index in [1.54, 1.807) is 43.6 Å². The number of ether oxygens (including phenoxy) is 1. The topological polar surface area (TPSA) is 71.5 Å². The Morgan fingerprint density at radius 1 is 1.22 bits per heavy atom. The normalized spacial score (nSPS) is 15.2. The Kier molecular flexibility index (Phi) is 5.03. The highest BCUT2D eigenvalue weighted by molar-refractivity contribution is 7.92. The van der Waals surface area contributed by atoms with Gasteiger partial charge in [0.05, 0.1) is 12.9 Å². The fourth-order valence-corrected chi connectivity index (χ4v) is 6.05. The number of aromatic nitrogens is 1. The summed E-state index contributed by atoms with van der Waals surface area (Å²) in [6.45, 7) is 3.55. The van der Waals surface area contributed by atoms with Crippen LogP contribution >= 0.6 is 11.3 Å². The van der Waals surface area contributed by atoms with Gasteiger partial charge in [-0.1, -0.05) is 12.1 Å². The number of anilines is 1. The summed E-state index contributed by atoms with van der Waals surface area (Å²) in [5.41, 5.74) is 0.715. The second-order valence-electron chi connectivity index (χ2n) is 6.46. The lowest BCUT2D eigenvalue weighted by atomic mass is 10.2. The molecule has 2 aromatic heterocycles. The molecule has 1 aliphatic heterocycles. The van der Waals surface area contributed by atoms with Crippen LogP contribution in [-0.2, 0) is 15.6 Å². The highest BCUT2D eigenvalue weighted by Crippen LogP contribution is 2.35. The predicted molar refractivity (Wildman–Crippen MR) is 109 cm³/mol. The van der Waals surface area contributed by atoms with Crippen LogP contribution in [0.2, 0.25) is 0 Å². The SMILES string of the molecule is COc1cccc(CS(=O)(=O)c2cc3c(N4CCNCC4)nccc3s2)c1. The number of thiophene rings is 1. The van der Waals surface area contributed by atoms with Gasteiger partial charge in [-0.15, -0.1) is 11.3 Å². The van der Waals surface area contributed by atoms with Crippen molar-refractivity contribution in [3.05, 3.63) is 48.2 Å². The number of nitrogens with zero attached hydrogens (tertiary/aromatic N) is 2. The van der Waals surface area contributed by atoms with Crippen LogP contribution in [0.4, 0.5) is 5.82 Å². The number of piperazine rings is 1. The van der Waals surface area contributed by atoms with Crippen LogP contribution in [0.3, 0.4) is 0 Å². The van der Waals surface area contributed by atoms with E-state index >= 15 is 0 Å². The summed E-state index contributed by atoms with van der Waals surface area (Å²) in [6, 6.07) is 10.8. The summed E-state index contributed by atoms with van der Waals surface area (Å²) < 4.78 is 32.5. The molecule has 0 radical (unpaired) electrons. The molecule has 1 N–H and O–H groups in total. The molecule has 4 rings (SSSR count). The second-order valence-corrected chi connectivity index (χ2v) is 9.76. The molecular formula is C19H21N3O3S2. The molecule has 8 heteroatoms. The predicted octanol–water partition coefficient (Wildman–Crippen LogP) is 2.69. The summed E-state index contributed by atoms with van der Waals surface area (Å²) in [6.07, 6.45) is 1.76. The number of nitrogens with one attached hydrogen (secondary N) is 1. The van der Waals surface area contributed by atoms with Gasteiger partial charge in [0.15, 0.2) is 9.84 Å². The van der Waals surface area contributed by atoms with Crippen molar-refractivity contribution in [2.45, 2.75) is 9.96 Å². The number of pyridine rings is 1. The summed E-state index contributed by atoms with van der Waals surface area (Å²) >= 11 is 1.31. The molecule has 0 unspecified atom stereocenters. The van der Waals surface area contributed by atoms with Crippen molar-refractivity contribution < 1.29 is 13.2 Å². The Morgan fingerprint density at radius 2 is 2.04 bits per heavy atom. The molecule has 142 valence electrons. The minimum absolute atomic E-state index is 0.0482. The Balaban J connectivity index is 1.68. The number of hydrogen-bond donors (Lipinski definition) is 1. The third kappa shape index (κ3) is 3.78. The molecular weight excluding hydrogens is 382 g/mol. The number of hydrogen-bond acceptors (Lipinski definition) is 7. The molecule has 3 aromatic rings. The minimum atomic E-state index is -3.44. The zero-order valence-corrected chi connectivity index (χ0v) is 16.6. The van der Waals surface area contributed by atoms with Crippen LogP contribution in [0, 0.1) is 0 Å². The first-order valence-electron chi connectivity index (χ1n) is 8.77. The van der Waals surface area contributed by atoms with Crippen molar-refractivity contribution in [1.29, 1.82) is 0 Å². The van der Waals surface area contributed by atoms with Crippen LogP contribution in [0.25, 0.3) is 10.1 Å². The lowest BCUT2D eigenvalue weighted by molar-refractivity contribution is 0.414. The summed E-state index contributed by atoms with van der Waals surface area (Å²) in [5.74, 6) is 1.48. The van der Waals surface area contributed by atoms with E-state index in [9.17, 15) is 8.42 Å². The Bertz CT molecular complexity index is 1060. The number of methoxy groups -OCH3 is 1. The highest BCUT2D eigenvalue weighted by atomic mass is 32.2. The standard InChI is InChI=1S/C19H21N3O3S2/c1-25-15-4-2-3-14(11-15)13-27(23,24)18-12-16-17(26-18)5-6-21-19(16)22-9-7-20-8-10-22/h2-6,11-12,20H,7-10,13H2,1H3. The third-order valence-electron chi connectivity index (χ3n) is 4.62. The molecule has 0 atom stereocenters. The number of sulfone groups is 1. The van der Waals surface area contributed by atoms with Crippen LogP contribution in [-0.4, -0.2) is 46.7 Å². The molecule has 0 amide bonds. The highest BCUT2D eigenvalue weighted by Gasteiger charge is 2.22. The molecule has 1 aliphatic rings. The van der Waals surface area contributed by atoms with Crippen molar-refractivity contribution >= 4 is 37.1 Å². The van der Waals surface area contributed by atoms with Gasteiger partial charge >= 0.3 is 0 Å². The Hall–Kier alpha value is -2.16. The van der Waals surface area contributed by atoms with Gasteiger partial charge in [0.1, 0.15) is 15.8 Å². The Labute approximate surface area is 162 Å². The molecule has 1 fully saturated rings. The number of fused-ring (bicyclic) bond motifs is 1. The monoisotopic (exact) mass is 403 g/mol. The first-order chi connectivity index (χ1) is 13.1. The van der Waals surface area contributed by atoms with Crippen molar-refractivity contribution in [3.8, 4) is 5.75 Å². The van der Waals surface area contributed by atoms with Gasteiger partial charge in [-0.2, -0.15) is 0 Å².